The summed E-state index contributed by atoms with van der Waals surface area (Å²) in [6, 6.07) is 18.4. The van der Waals surface area contributed by atoms with Gasteiger partial charge in [-0.15, -0.1) is 0 Å². The summed E-state index contributed by atoms with van der Waals surface area (Å²) in [7, 11) is -1.89. The Labute approximate surface area is 186 Å². The molecule has 0 bridgehead atoms. The lowest BCUT2D eigenvalue weighted by atomic mass is 10.1. The quantitative estimate of drug-likeness (QED) is 0.630. The highest BCUT2D eigenvalue weighted by Crippen LogP contribution is 2.39. The van der Waals surface area contributed by atoms with Crippen molar-refractivity contribution in [2.45, 2.75) is 18.2 Å². The molecule has 164 valence electrons. The van der Waals surface area contributed by atoms with Gasteiger partial charge in [0.2, 0.25) is 5.91 Å². The molecule has 0 aromatic heterocycles. The fourth-order valence-electron chi connectivity index (χ4n) is 3.44. The van der Waals surface area contributed by atoms with Crippen LogP contribution in [0.1, 0.15) is 22.3 Å². The molecule has 1 aliphatic heterocycles. The van der Waals surface area contributed by atoms with Crippen molar-refractivity contribution in [3.05, 3.63) is 77.9 Å². The summed E-state index contributed by atoms with van der Waals surface area (Å²) in [6.45, 7) is 1.93. The van der Waals surface area contributed by atoms with Gasteiger partial charge in [-0.25, -0.2) is 8.42 Å². The lowest BCUT2D eigenvalue weighted by molar-refractivity contribution is -0.115. The van der Waals surface area contributed by atoms with Crippen LogP contribution in [-0.4, -0.2) is 33.0 Å². The van der Waals surface area contributed by atoms with E-state index in [1.807, 2.05) is 25.1 Å². The van der Waals surface area contributed by atoms with E-state index in [0.717, 1.165) is 5.56 Å². The monoisotopic (exact) mass is 450 g/mol. The number of nitrogens with one attached hydrogen (secondary N) is 1. The molecule has 0 spiro atoms. The number of sulfone groups is 1. The molecule has 1 N–H and O–H groups in total. The standard InChI is InChI=1S/C24H22N2O5S/c1-16-8-10-22-20(14-16)26(2)24(28)19-15-17(9-11-21(19)31-22)25-23(27)12-13-32(29,30)18-6-4-3-5-7-18/h3-11,14-15H,12-13H2,1-2H3,(H,25,27). The van der Waals surface area contributed by atoms with Crippen LogP contribution in [0.4, 0.5) is 11.4 Å². The Kier molecular flexibility index (Phi) is 5.71. The van der Waals surface area contributed by atoms with Crippen LogP contribution in [0, 0.1) is 6.92 Å². The first kappa shape index (κ1) is 21.6. The van der Waals surface area contributed by atoms with Crippen LogP contribution in [0.2, 0.25) is 0 Å². The number of carbonyl (C=O) groups is 2. The minimum Gasteiger partial charge on any atom is -0.454 e. The second-order valence-corrected chi connectivity index (χ2v) is 9.69. The molecule has 0 saturated carbocycles. The lowest BCUT2D eigenvalue weighted by Crippen LogP contribution is -2.25. The van der Waals surface area contributed by atoms with E-state index in [-0.39, 0.29) is 23.0 Å². The largest absolute Gasteiger partial charge is 0.454 e. The van der Waals surface area contributed by atoms with Gasteiger partial charge in [0, 0.05) is 19.2 Å². The Hall–Kier alpha value is -3.65. The van der Waals surface area contributed by atoms with Crippen molar-refractivity contribution >= 4 is 33.0 Å². The number of aryl methyl sites for hydroxylation is 1. The van der Waals surface area contributed by atoms with Crippen LogP contribution in [0.15, 0.2) is 71.6 Å². The smallest absolute Gasteiger partial charge is 0.261 e. The maximum absolute atomic E-state index is 13.0. The molecule has 0 unspecified atom stereocenters. The van der Waals surface area contributed by atoms with Crippen molar-refractivity contribution in [1.82, 2.24) is 0 Å². The zero-order valence-corrected chi connectivity index (χ0v) is 18.5. The summed E-state index contributed by atoms with van der Waals surface area (Å²) in [5, 5.41) is 2.67. The summed E-state index contributed by atoms with van der Waals surface area (Å²) >= 11 is 0. The van der Waals surface area contributed by atoms with Crippen LogP contribution in [0.3, 0.4) is 0 Å². The number of nitrogens with zero attached hydrogens (tertiary/aromatic N) is 1. The summed E-state index contributed by atoms with van der Waals surface area (Å²) in [6.07, 6.45) is -0.205. The molecular formula is C24H22N2O5S. The number of hydrogen-bond donors (Lipinski definition) is 1. The highest BCUT2D eigenvalue weighted by Gasteiger charge is 2.26. The molecule has 1 aliphatic rings. The van der Waals surface area contributed by atoms with Gasteiger partial charge in [-0.1, -0.05) is 24.3 Å². The minimum absolute atomic E-state index is 0.179. The van der Waals surface area contributed by atoms with Crippen molar-refractivity contribution in [3.63, 3.8) is 0 Å². The number of fused-ring (bicyclic) bond motifs is 2. The van der Waals surface area contributed by atoms with E-state index in [1.54, 1.807) is 37.4 Å². The number of benzene rings is 3. The molecule has 0 fully saturated rings. The molecule has 4 rings (SSSR count). The predicted octanol–water partition coefficient (Wildman–Crippen LogP) is 4.18. The summed E-state index contributed by atoms with van der Waals surface area (Å²) in [5.74, 6) is -0.0965. The normalized spacial score (nSPS) is 12.9. The van der Waals surface area contributed by atoms with Gasteiger partial charge in [-0.05, 0) is 55.0 Å². The Morgan fingerprint density at radius 2 is 1.72 bits per heavy atom. The van der Waals surface area contributed by atoms with Crippen molar-refractivity contribution in [2.24, 2.45) is 0 Å². The van der Waals surface area contributed by atoms with Gasteiger partial charge in [-0.2, -0.15) is 0 Å². The Balaban J connectivity index is 1.50. The SMILES string of the molecule is Cc1ccc2c(c1)N(C)C(=O)c1cc(NC(=O)CCS(=O)(=O)c3ccccc3)ccc1O2. The third-order valence-corrected chi connectivity index (χ3v) is 6.93. The first-order chi connectivity index (χ1) is 15.2. The molecule has 0 atom stereocenters. The van der Waals surface area contributed by atoms with Crippen LogP contribution in [0.25, 0.3) is 0 Å². The van der Waals surface area contributed by atoms with Crippen LogP contribution < -0.4 is 15.0 Å². The van der Waals surface area contributed by atoms with E-state index < -0.39 is 15.7 Å². The van der Waals surface area contributed by atoms with E-state index in [1.165, 1.54) is 23.1 Å². The molecular weight excluding hydrogens is 428 g/mol. The predicted molar refractivity (Wildman–Crippen MR) is 122 cm³/mol. The zero-order chi connectivity index (χ0) is 22.9. The third kappa shape index (κ3) is 4.36. The fourth-order valence-corrected chi connectivity index (χ4v) is 4.71. The van der Waals surface area contributed by atoms with Crippen molar-refractivity contribution in [1.29, 1.82) is 0 Å². The van der Waals surface area contributed by atoms with Gasteiger partial charge in [0.05, 0.1) is 21.9 Å². The Morgan fingerprint density at radius 3 is 2.47 bits per heavy atom. The van der Waals surface area contributed by atoms with Gasteiger partial charge < -0.3 is 15.0 Å². The van der Waals surface area contributed by atoms with E-state index >= 15 is 0 Å². The topological polar surface area (TPSA) is 92.8 Å². The second kappa shape index (κ2) is 8.47. The molecule has 0 saturated heterocycles. The minimum atomic E-state index is -3.56. The second-order valence-electron chi connectivity index (χ2n) is 7.58. The van der Waals surface area contributed by atoms with Crippen molar-refractivity contribution in [2.75, 3.05) is 23.0 Å². The fraction of sp³-hybridized carbons (Fsp3) is 0.167. The number of rotatable bonds is 5. The van der Waals surface area contributed by atoms with Gasteiger partial charge in [0.25, 0.3) is 5.91 Å². The molecule has 8 heteroatoms. The first-order valence-corrected chi connectivity index (χ1v) is 11.7. The maximum Gasteiger partial charge on any atom is 0.261 e. The number of carbonyl (C=O) groups excluding carboxylic acids is 2. The van der Waals surface area contributed by atoms with Crippen LogP contribution in [0.5, 0.6) is 11.5 Å². The number of amides is 2. The highest BCUT2D eigenvalue weighted by molar-refractivity contribution is 7.91. The van der Waals surface area contributed by atoms with Crippen molar-refractivity contribution in [3.8, 4) is 11.5 Å². The van der Waals surface area contributed by atoms with Gasteiger partial charge in [0.15, 0.2) is 15.6 Å². The van der Waals surface area contributed by atoms with E-state index in [9.17, 15) is 18.0 Å². The molecule has 3 aromatic carbocycles. The molecule has 7 nitrogen and oxygen atoms in total. The van der Waals surface area contributed by atoms with Gasteiger partial charge in [0.1, 0.15) is 5.75 Å². The average Bonchev–Trinajstić information content (AvgIpc) is 2.88. The number of anilines is 2. The van der Waals surface area contributed by atoms with Crippen molar-refractivity contribution < 1.29 is 22.7 Å². The molecule has 2 amide bonds. The summed E-state index contributed by atoms with van der Waals surface area (Å²) in [5.41, 5.74) is 2.34. The number of ether oxygens (including phenoxy) is 1. The highest BCUT2D eigenvalue weighted by atomic mass is 32.2. The maximum atomic E-state index is 13.0. The van der Waals surface area contributed by atoms with Crippen LogP contribution >= 0.6 is 0 Å². The number of hydrogen-bond acceptors (Lipinski definition) is 5. The van der Waals surface area contributed by atoms with Gasteiger partial charge >= 0.3 is 0 Å². The third-order valence-electron chi connectivity index (χ3n) is 5.19. The first-order valence-electron chi connectivity index (χ1n) is 10.0. The van der Waals surface area contributed by atoms with E-state index in [2.05, 4.69) is 5.32 Å². The summed E-state index contributed by atoms with van der Waals surface area (Å²) in [4.78, 5) is 27.1. The summed E-state index contributed by atoms with van der Waals surface area (Å²) < 4.78 is 30.7. The molecule has 0 radical (unpaired) electrons. The van der Waals surface area contributed by atoms with Gasteiger partial charge in [-0.3, -0.25) is 9.59 Å². The van der Waals surface area contributed by atoms with Crippen LogP contribution in [-0.2, 0) is 14.6 Å². The Bertz CT molecular complexity index is 1300. The molecule has 3 aromatic rings. The molecule has 32 heavy (non-hydrogen) atoms. The zero-order valence-electron chi connectivity index (χ0n) is 17.7. The molecule has 1 heterocycles. The Morgan fingerprint density at radius 1 is 1.00 bits per heavy atom. The lowest BCUT2D eigenvalue weighted by Gasteiger charge is -2.16. The van der Waals surface area contributed by atoms with E-state index in [4.69, 9.17) is 4.74 Å². The van der Waals surface area contributed by atoms with E-state index in [0.29, 0.717) is 28.4 Å². The average molecular weight is 451 g/mol. The molecule has 0 aliphatic carbocycles.